The molecule has 0 aliphatic rings. The summed E-state index contributed by atoms with van der Waals surface area (Å²) in [5, 5.41) is 9.76. The van der Waals surface area contributed by atoms with E-state index in [4.69, 9.17) is 4.42 Å². The van der Waals surface area contributed by atoms with Crippen LogP contribution in [0.25, 0.3) is 74.8 Å². The van der Waals surface area contributed by atoms with E-state index >= 15 is 0 Å². The van der Waals surface area contributed by atoms with Gasteiger partial charge in [-0.15, -0.1) is 11.3 Å². The fourth-order valence-corrected chi connectivity index (χ4v) is 10.1. The van der Waals surface area contributed by atoms with Gasteiger partial charge in [0.15, 0.2) is 0 Å². The van der Waals surface area contributed by atoms with Gasteiger partial charge in [0.1, 0.15) is 11.2 Å². The number of nitrogens with zero attached hydrogens (tertiary/aromatic N) is 2. The molecule has 0 saturated heterocycles. The number of para-hydroxylation sites is 2. The van der Waals surface area contributed by atoms with E-state index in [-0.39, 0.29) is 0 Å². The predicted molar refractivity (Wildman–Crippen MR) is 256 cm³/mol. The van der Waals surface area contributed by atoms with E-state index in [9.17, 15) is 0 Å². The molecule has 3 nitrogen and oxygen atoms in total. The summed E-state index contributed by atoms with van der Waals surface area (Å²) >= 11 is 1.87. The molecule has 0 aliphatic carbocycles. The fourth-order valence-electron chi connectivity index (χ4n) is 8.93. The molecule has 10 aromatic carbocycles. The molecule has 60 heavy (non-hydrogen) atoms. The number of hydrogen-bond acceptors (Lipinski definition) is 4. The number of fused-ring (bicyclic) bond motifs is 9. The number of benzene rings is 10. The van der Waals surface area contributed by atoms with Gasteiger partial charge in [-0.05, 0) is 124 Å². The van der Waals surface area contributed by atoms with Gasteiger partial charge in [0, 0.05) is 71.1 Å². The zero-order valence-corrected chi connectivity index (χ0v) is 33.3. The van der Waals surface area contributed by atoms with Crippen molar-refractivity contribution in [2.75, 3.05) is 9.80 Å². The van der Waals surface area contributed by atoms with Crippen LogP contribution in [0.5, 0.6) is 0 Å². The van der Waals surface area contributed by atoms with Crippen LogP contribution in [0.3, 0.4) is 0 Å². The van der Waals surface area contributed by atoms with Crippen LogP contribution in [0.4, 0.5) is 34.1 Å². The number of furan rings is 1. The fraction of sp³-hybridized carbons (Fsp3) is 0. The largest absolute Gasteiger partial charge is 0.456 e. The maximum absolute atomic E-state index is 6.50. The van der Waals surface area contributed by atoms with E-state index < -0.39 is 0 Å². The topological polar surface area (TPSA) is 19.6 Å². The van der Waals surface area contributed by atoms with Gasteiger partial charge in [-0.1, -0.05) is 121 Å². The Hall–Kier alpha value is -7.66. The molecule has 12 aromatic rings. The van der Waals surface area contributed by atoms with Crippen molar-refractivity contribution in [1.82, 2.24) is 0 Å². The standard InChI is InChI=1S/C56H36N2OS/c1-3-12-37(13-4-1)38-24-27-42(28-25-38)57(41-14-5-2-6-15-41)43-16-11-17-44(33-43)58(46-30-31-48-47-18-7-9-20-53(47)59-54(48)35-46)45-29-26-39-22-23-40-32-56-52(36-51(40)50(39)34-45)49-19-8-10-21-55(49)60-56/h1-36H. The third-order valence-electron chi connectivity index (χ3n) is 11.8. The van der Waals surface area contributed by atoms with Crippen LogP contribution in [0.2, 0.25) is 0 Å². The summed E-state index contributed by atoms with van der Waals surface area (Å²) in [5.74, 6) is 0. The minimum absolute atomic E-state index is 0.859. The summed E-state index contributed by atoms with van der Waals surface area (Å²) in [4.78, 5) is 4.71. The van der Waals surface area contributed by atoms with E-state index in [1.165, 1.54) is 52.8 Å². The zero-order valence-electron chi connectivity index (χ0n) is 32.5. The van der Waals surface area contributed by atoms with Crippen molar-refractivity contribution in [2.24, 2.45) is 0 Å². The van der Waals surface area contributed by atoms with Gasteiger partial charge in [-0.2, -0.15) is 0 Å². The average molecular weight is 785 g/mol. The Labute approximate surface area is 351 Å². The van der Waals surface area contributed by atoms with Gasteiger partial charge in [0.05, 0.1) is 0 Å². The van der Waals surface area contributed by atoms with Crippen LogP contribution < -0.4 is 9.80 Å². The lowest BCUT2D eigenvalue weighted by atomic mass is 9.99. The van der Waals surface area contributed by atoms with Crippen molar-refractivity contribution in [2.45, 2.75) is 0 Å². The molecule has 4 heteroatoms. The van der Waals surface area contributed by atoms with Gasteiger partial charge < -0.3 is 14.2 Å². The van der Waals surface area contributed by atoms with Crippen molar-refractivity contribution in [3.05, 3.63) is 218 Å². The normalized spacial score (nSPS) is 11.7. The highest BCUT2D eigenvalue weighted by Crippen LogP contribution is 2.44. The van der Waals surface area contributed by atoms with Crippen molar-refractivity contribution in [3.8, 4) is 11.1 Å². The van der Waals surface area contributed by atoms with E-state index in [2.05, 4.69) is 216 Å². The maximum atomic E-state index is 6.50. The van der Waals surface area contributed by atoms with Crippen LogP contribution in [-0.2, 0) is 0 Å². The Morgan fingerprint density at radius 2 is 0.833 bits per heavy atom. The number of anilines is 6. The smallest absolute Gasteiger partial charge is 0.137 e. The first-order valence-electron chi connectivity index (χ1n) is 20.3. The van der Waals surface area contributed by atoms with Gasteiger partial charge >= 0.3 is 0 Å². The first kappa shape index (κ1) is 34.4. The molecular weight excluding hydrogens is 749 g/mol. The van der Waals surface area contributed by atoms with E-state index in [1.54, 1.807) is 0 Å². The maximum Gasteiger partial charge on any atom is 0.137 e. The number of rotatable bonds is 7. The zero-order chi connectivity index (χ0) is 39.6. The summed E-state index contributed by atoms with van der Waals surface area (Å²) in [6, 6.07) is 78.7. The molecule has 0 amide bonds. The lowest BCUT2D eigenvalue weighted by molar-refractivity contribution is 0.669. The molecule has 0 radical (unpaired) electrons. The summed E-state index contributed by atoms with van der Waals surface area (Å²) < 4.78 is 9.13. The van der Waals surface area contributed by atoms with Crippen LogP contribution in [0.1, 0.15) is 0 Å². The minimum atomic E-state index is 0.859. The van der Waals surface area contributed by atoms with Crippen LogP contribution in [0, 0.1) is 0 Å². The molecular formula is C56H36N2OS. The highest BCUT2D eigenvalue weighted by molar-refractivity contribution is 7.25. The summed E-state index contributed by atoms with van der Waals surface area (Å²) in [5.41, 5.74) is 10.5. The molecule has 0 spiro atoms. The van der Waals surface area contributed by atoms with Gasteiger partial charge in [0.2, 0.25) is 0 Å². The Kier molecular flexibility index (Phi) is 8.03. The summed E-state index contributed by atoms with van der Waals surface area (Å²) in [7, 11) is 0. The second-order valence-corrected chi connectivity index (χ2v) is 16.4. The highest BCUT2D eigenvalue weighted by Gasteiger charge is 2.20. The minimum Gasteiger partial charge on any atom is -0.456 e. The molecule has 0 aliphatic heterocycles. The van der Waals surface area contributed by atoms with E-state index in [0.717, 1.165) is 56.1 Å². The molecule has 0 fully saturated rings. The molecule has 2 heterocycles. The SMILES string of the molecule is c1ccc(-c2ccc(N(c3ccccc3)c3cccc(N(c4ccc5c(c4)oc4ccccc45)c4ccc5ccc6cc7sc8ccccc8c7cc6c5c4)c3)cc2)cc1. The highest BCUT2D eigenvalue weighted by atomic mass is 32.1. The monoisotopic (exact) mass is 784 g/mol. The predicted octanol–water partition coefficient (Wildman–Crippen LogP) is 16.9. The Morgan fingerprint density at radius 1 is 0.283 bits per heavy atom. The quantitative estimate of drug-likeness (QED) is 0.150. The summed E-state index contributed by atoms with van der Waals surface area (Å²) in [6.45, 7) is 0. The average Bonchev–Trinajstić information content (AvgIpc) is 3.87. The van der Waals surface area contributed by atoms with Gasteiger partial charge in [0.25, 0.3) is 0 Å². The first-order chi connectivity index (χ1) is 29.7. The van der Waals surface area contributed by atoms with Crippen LogP contribution in [0.15, 0.2) is 223 Å². The van der Waals surface area contributed by atoms with Crippen molar-refractivity contribution in [1.29, 1.82) is 0 Å². The number of hydrogen-bond donors (Lipinski definition) is 0. The summed E-state index contributed by atoms with van der Waals surface area (Å²) in [6.07, 6.45) is 0. The Bertz CT molecular complexity index is 3550. The molecule has 0 atom stereocenters. The lowest BCUT2D eigenvalue weighted by Gasteiger charge is -2.29. The molecule has 0 bridgehead atoms. The molecule has 0 unspecified atom stereocenters. The lowest BCUT2D eigenvalue weighted by Crippen LogP contribution is -2.13. The molecule has 0 saturated carbocycles. The third-order valence-corrected chi connectivity index (χ3v) is 12.9. The molecule has 0 N–H and O–H groups in total. The third kappa shape index (κ3) is 5.80. The molecule has 282 valence electrons. The Balaban J connectivity index is 1.05. The molecule has 2 aromatic heterocycles. The molecule has 12 rings (SSSR count). The van der Waals surface area contributed by atoms with E-state index in [1.807, 2.05) is 23.5 Å². The van der Waals surface area contributed by atoms with Crippen molar-refractivity contribution in [3.63, 3.8) is 0 Å². The number of thiophene rings is 1. The second-order valence-electron chi connectivity index (χ2n) is 15.4. The van der Waals surface area contributed by atoms with Gasteiger partial charge in [-0.25, -0.2) is 0 Å². The van der Waals surface area contributed by atoms with Crippen LogP contribution in [-0.4, -0.2) is 0 Å². The van der Waals surface area contributed by atoms with Crippen molar-refractivity contribution >= 4 is 109 Å². The Morgan fingerprint density at radius 3 is 1.67 bits per heavy atom. The second kappa shape index (κ2) is 14.0. The van der Waals surface area contributed by atoms with E-state index in [0.29, 0.717) is 0 Å². The first-order valence-corrected chi connectivity index (χ1v) is 21.1. The van der Waals surface area contributed by atoms with Crippen molar-refractivity contribution < 1.29 is 4.42 Å². The van der Waals surface area contributed by atoms with Crippen LogP contribution >= 0.6 is 11.3 Å². The van der Waals surface area contributed by atoms with Gasteiger partial charge in [-0.3, -0.25) is 0 Å².